The van der Waals surface area contributed by atoms with Crippen molar-refractivity contribution < 1.29 is 15.1 Å². The smallest absolute Gasteiger partial charge is 0.269 e. The van der Waals surface area contributed by atoms with Crippen LogP contribution in [0.25, 0.3) is 0 Å². The van der Waals surface area contributed by atoms with Gasteiger partial charge in [-0.2, -0.15) is 0 Å². The maximum absolute atomic E-state index is 10.9. The lowest BCUT2D eigenvalue weighted by Crippen LogP contribution is -2.31. The Morgan fingerprint density at radius 1 is 1.23 bits per heavy atom. The number of phenols is 2. The highest BCUT2D eigenvalue weighted by molar-refractivity contribution is 5.48. The van der Waals surface area contributed by atoms with Crippen molar-refractivity contribution in [2.45, 2.75) is 18.9 Å². The number of aromatic hydroxyl groups is 2. The van der Waals surface area contributed by atoms with Gasteiger partial charge in [-0.05, 0) is 48.2 Å². The van der Waals surface area contributed by atoms with Gasteiger partial charge in [0.05, 0.1) is 4.92 Å². The zero-order valence-corrected chi connectivity index (χ0v) is 11.8. The van der Waals surface area contributed by atoms with E-state index in [2.05, 4.69) is 5.32 Å². The first-order valence-corrected chi connectivity index (χ1v) is 7.06. The van der Waals surface area contributed by atoms with Crippen LogP contribution in [-0.2, 0) is 12.8 Å². The van der Waals surface area contributed by atoms with E-state index in [1.54, 1.807) is 24.3 Å². The molecule has 2 aromatic rings. The van der Waals surface area contributed by atoms with Gasteiger partial charge >= 0.3 is 0 Å². The molecule has 0 amide bonds. The van der Waals surface area contributed by atoms with E-state index >= 15 is 0 Å². The lowest BCUT2D eigenvalue weighted by molar-refractivity contribution is -0.384. The van der Waals surface area contributed by atoms with E-state index in [4.69, 9.17) is 0 Å². The van der Waals surface area contributed by atoms with Crippen molar-refractivity contribution in [2.75, 3.05) is 6.54 Å². The van der Waals surface area contributed by atoms with Crippen molar-refractivity contribution in [2.24, 2.45) is 0 Å². The number of nitrogens with zero attached hydrogens (tertiary/aromatic N) is 1. The second-order valence-electron chi connectivity index (χ2n) is 5.43. The Balaban J connectivity index is 1.90. The first-order valence-electron chi connectivity index (χ1n) is 7.06. The molecule has 22 heavy (non-hydrogen) atoms. The Bertz CT molecular complexity index is 730. The molecule has 3 rings (SSSR count). The molecule has 0 bridgehead atoms. The number of nitro groups is 1. The summed E-state index contributed by atoms with van der Waals surface area (Å²) in [6.45, 7) is 0.761. The molecule has 1 atom stereocenters. The fraction of sp³-hybridized carbons (Fsp3) is 0.250. The van der Waals surface area contributed by atoms with Crippen LogP contribution >= 0.6 is 0 Å². The summed E-state index contributed by atoms with van der Waals surface area (Å²) in [5.41, 5.74) is 2.84. The van der Waals surface area contributed by atoms with Gasteiger partial charge < -0.3 is 15.5 Å². The van der Waals surface area contributed by atoms with Crippen molar-refractivity contribution in [3.05, 3.63) is 63.2 Å². The van der Waals surface area contributed by atoms with E-state index in [1.807, 2.05) is 6.07 Å². The summed E-state index contributed by atoms with van der Waals surface area (Å²) in [7, 11) is 0. The van der Waals surface area contributed by atoms with Crippen molar-refractivity contribution >= 4 is 5.69 Å². The van der Waals surface area contributed by atoms with Gasteiger partial charge in [-0.25, -0.2) is 0 Å². The molecule has 0 spiro atoms. The number of rotatable bonds is 3. The zero-order chi connectivity index (χ0) is 15.7. The minimum Gasteiger partial charge on any atom is -0.504 e. The normalized spacial score (nSPS) is 17.0. The Morgan fingerprint density at radius 3 is 2.77 bits per heavy atom. The Labute approximate surface area is 127 Å². The van der Waals surface area contributed by atoms with Crippen LogP contribution in [-0.4, -0.2) is 21.7 Å². The molecule has 1 aliphatic heterocycles. The molecule has 6 heteroatoms. The quantitative estimate of drug-likeness (QED) is 0.459. The summed E-state index contributed by atoms with van der Waals surface area (Å²) < 4.78 is 0. The third-order valence-electron chi connectivity index (χ3n) is 3.96. The number of nitro benzene ring substituents is 1. The number of phenolic OH excluding ortho intramolecular Hbond substituents is 2. The van der Waals surface area contributed by atoms with Crippen molar-refractivity contribution in [3.63, 3.8) is 0 Å². The topological polar surface area (TPSA) is 95.6 Å². The summed E-state index contributed by atoms with van der Waals surface area (Å²) in [5, 5.41) is 33.5. The van der Waals surface area contributed by atoms with Crippen molar-refractivity contribution in [1.82, 2.24) is 5.32 Å². The van der Waals surface area contributed by atoms with Crippen molar-refractivity contribution in [1.29, 1.82) is 0 Å². The molecule has 2 aromatic carbocycles. The van der Waals surface area contributed by atoms with Gasteiger partial charge in [-0.1, -0.05) is 12.1 Å². The third kappa shape index (κ3) is 2.73. The average Bonchev–Trinajstić information content (AvgIpc) is 2.49. The van der Waals surface area contributed by atoms with Gasteiger partial charge in [0.25, 0.3) is 5.69 Å². The summed E-state index contributed by atoms with van der Waals surface area (Å²) in [6.07, 6.45) is 1.35. The lowest BCUT2D eigenvalue weighted by Gasteiger charge is -2.27. The third-order valence-corrected chi connectivity index (χ3v) is 3.96. The van der Waals surface area contributed by atoms with Gasteiger partial charge in [0.2, 0.25) is 0 Å². The van der Waals surface area contributed by atoms with Crippen LogP contribution in [0, 0.1) is 10.1 Å². The van der Waals surface area contributed by atoms with E-state index in [1.165, 1.54) is 6.07 Å². The minimum atomic E-state index is -0.407. The Morgan fingerprint density at radius 2 is 2.00 bits per heavy atom. The van der Waals surface area contributed by atoms with Gasteiger partial charge in [-0.15, -0.1) is 0 Å². The zero-order valence-electron chi connectivity index (χ0n) is 11.8. The maximum Gasteiger partial charge on any atom is 0.269 e. The monoisotopic (exact) mass is 300 g/mol. The molecule has 0 saturated heterocycles. The van der Waals surface area contributed by atoms with Gasteiger partial charge in [0.15, 0.2) is 11.5 Å². The molecule has 6 nitrogen and oxygen atoms in total. The first kappa shape index (κ1) is 14.3. The van der Waals surface area contributed by atoms with Crippen LogP contribution in [0.15, 0.2) is 36.4 Å². The molecule has 0 aliphatic carbocycles. The first-order chi connectivity index (χ1) is 10.5. The molecular weight excluding hydrogens is 284 g/mol. The standard InChI is InChI=1S/C16H16N2O4/c19-15-8-11-4-5-17-14(13(11)9-16(15)20)7-10-2-1-3-12(6-10)18(21)22/h1-3,6,8-9,14,17,19-20H,4-5,7H2. The van der Waals surface area contributed by atoms with Crippen LogP contribution in [0.4, 0.5) is 5.69 Å². The second-order valence-corrected chi connectivity index (χ2v) is 5.43. The van der Waals surface area contributed by atoms with Crippen LogP contribution in [0.1, 0.15) is 22.7 Å². The van der Waals surface area contributed by atoms with E-state index in [0.717, 1.165) is 29.7 Å². The molecule has 0 aromatic heterocycles. The van der Waals surface area contributed by atoms with E-state index in [9.17, 15) is 20.3 Å². The Kier molecular flexibility index (Phi) is 3.68. The van der Waals surface area contributed by atoms with Crippen LogP contribution < -0.4 is 5.32 Å². The summed E-state index contributed by atoms with van der Waals surface area (Å²) >= 11 is 0. The summed E-state index contributed by atoms with van der Waals surface area (Å²) in [5.74, 6) is -0.263. The molecule has 0 fully saturated rings. The molecular formula is C16H16N2O4. The Hall–Kier alpha value is -2.60. The highest BCUT2D eigenvalue weighted by Crippen LogP contribution is 2.35. The number of hydrogen-bond donors (Lipinski definition) is 3. The molecule has 1 heterocycles. The van der Waals surface area contributed by atoms with Crippen LogP contribution in [0.3, 0.4) is 0 Å². The number of fused-ring (bicyclic) bond motifs is 1. The van der Waals surface area contributed by atoms with Gasteiger partial charge in [0, 0.05) is 18.2 Å². The SMILES string of the molecule is O=[N+]([O-])c1cccc(CC2NCCc3cc(O)c(O)cc32)c1. The number of hydrogen-bond acceptors (Lipinski definition) is 5. The van der Waals surface area contributed by atoms with Crippen LogP contribution in [0.5, 0.6) is 11.5 Å². The van der Waals surface area contributed by atoms with E-state index in [0.29, 0.717) is 6.42 Å². The molecule has 114 valence electrons. The highest BCUT2D eigenvalue weighted by Gasteiger charge is 2.22. The fourth-order valence-electron chi connectivity index (χ4n) is 2.88. The molecule has 1 aliphatic rings. The predicted molar refractivity (Wildman–Crippen MR) is 81.0 cm³/mol. The molecule has 1 unspecified atom stereocenters. The summed E-state index contributed by atoms with van der Waals surface area (Å²) in [6, 6.07) is 9.67. The lowest BCUT2D eigenvalue weighted by atomic mass is 9.90. The maximum atomic E-state index is 10.9. The molecule has 3 N–H and O–H groups in total. The largest absolute Gasteiger partial charge is 0.504 e. The molecule has 0 radical (unpaired) electrons. The van der Waals surface area contributed by atoms with Gasteiger partial charge in [0.1, 0.15) is 0 Å². The van der Waals surface area contributed by atoms with Crippen LogP contribution in [0.2, 0.25) is 0 Å². The highest BCUT2D eigenvalue weighted by atomic mass is 16.6. The minimum absolute atomic E-state index is 0.0442. The average molecular weight is 300 g/mol. The van der Waals surface area contributed by atoms with Gasteiger partial charge in [-0.3, -0.25) is 10.1 Å². The number of benzene rings is 2. The fourth-order valence-corrected chi connectivity index (χ4v) is 2.88. The van der Waals surface area contributed by atoms with E-state index in [-0.39, 0.29) is 23.2 Å². The van der Waals surface area contributed by atoms with Crippen molar-refractivity contribution in [3.8, 4) is 11.5 Å². The molecule has 0 saturated carbocycles. The predicted octanol–water partition coefficient (Wildman–Crippen LogP) is 2.44. The second kappa shape index (κ2) is 5.65. The number of nitrogens with one attached hydrogen (secondary N) is 1. The summed E-state index contributed by atoms with van der Waals surface area (Å²) in [4.78, 5) is 10.4. The van der Waals surface area contributed by atoms with E-state index < -0.39 is 4.92 Å². The number of non-ortho nitro benzene ring substituents is 1.